The first-order valence-corrected chi connectivity index (χ1v) is 13.5. The van der Waals surface area contributed by atoms with E-state index in [1.54, 1.807) is 47.0 Å². The quantitative estimate of drug-likeness (QED) is 0.215. The first kappa shape index (κ1) is 28.4. The lowest BCUT2D eigenvalue weighted by atomic mass is 10.0. The Morgan fingerprint density at radius 3 is 2.26 bits per heavy atom. The number of nitrogens with zero attached hydrogens (tertiary/aromatic N) is 2. The molecule has 0 aliphatic rings. The van der Waals surface area contributed by atoms with Crippen LogP contribution in [0.3, 0.4) is 0 Å². The van der Waals surface area contributed by atoms with E-state index in [9.17, 15) is 9.59 Å². The Balaban J connectivity index is 1.63. The number of hydrogen-bond donors (Lipinski definition) is 1. The lowest BCUT2D eigenvalue weighted by molar-refractivity contribution is 0.0697. The molecule has 0 fully saturated rings. The molecule has 1 N–H and O–H groups in total. The van der Waals surface area contributed by atoms with Gasteiger partial charge in [0.1, 0.15) is 18.2 Å². The van der Waals surface area contributed by atoms with Crippen LogP contribution >= 0.6 is 23.2 Å². The number of rotatable bonds is 10. The number of carbonyl (C=O) groups is 1. The monoisotopic (exact) mass is 564 g/mol. The minimum absolute atomic E-state index is 0.175. The summed E-state index contributed by atoms with van der Waals surface area (Å²) in [5.74, 6) is 0.482. The number of carboxylic acid groups (broad SMARTS) is 1. The molecule has 0 unspecified atom stereocenters. The zero-order valence-electron chi connectivity index (χ0n) is 22.1. The van der Waals surface area contributed by atoms with E-state index in [4.69, 9.17) is 38.0 Å². The number of aromatic carboxylic acids is 1. The summed E-state index contributed by atoms with van der Waals surface area (Å²) in [5.41, 5.74) is 4.31. The molecular weight excluding hydrogens is 535 g/mol. The fourth-order valence-electron chi connectivity index (χ4n) is 4.49. The molecule has 39 heavy (non-hydrogen) atoms. The van der Waals surface area contributed by atoms with E-state index in [-0.39, 0.29) is 11.1 Å². The zero-order chi connectivity index (χ0) is 28.1. The molecule has 8 heteroatoms. The van der Waals surface area contributed by atoms with Gasteiger partial charge < -0.3 is 9.84 Å². The van der Waals surface area contributed by atoms with E-state index in [1.807, 2.05) is 32.0 Å². The predicted molar refractivity (Wildman–Crippen MR) is 155 cm³/mol. The van der Waals surface area contributed by atoms with Crippen molar-refractivity contribution in [3.8, 4) is 16.9 Å². The van der Waals surface area contributed by atoms with Gasteiger partial charge in [0, 0.05) is 12.0 Å². The molecule has 4 aromatic rings. The van der Waals surface area contributed by atoms with Crippen molar-refractivity contribution in [2.75, 3.05) is 0 Å². The number of hydrogen-bond acceptors (Lipinski definition) is 4. The molecule has 3 aromatic carbocycles. The second-order valence-corrected chi connectivity index (χ2v) is 10.3. The molecule has 0 saturated carbocycles. The molecule has 0 atom stereocenters. The Kier molecular flexibility index (Phi) is 9.10. The molecule has 0 bridgehead atoms. The van der Waals surface area contributed by atoms with E-state index >= 15 is 0 Å². The van der Waals surface area contributed by atoms with Crippen molar-refractivity contribution in [3.05, 3.63) is 115 Å². The van der Waals surface area contributed by atoms with Gasteiger partial charge >= 0.3 is 5.97 Å². The molecule has 1 heterocycles. The number of halogens is 2. The van der Waals surface area contributed by atoms with Crippen LogP contribution in [0.1, 0.15) is 58.3 Å². The number of carboxylic acids is 1. The molecular formula is C31H30Cl2N2O4. The van der Waals surface area contributed by atoms with Gasteiger partial charge in [0.2, 0.25) is 0 Å². The average Bonchev–Trinajstić information content (AvgIpc) is 2.90. The number of ether oxygens (including phenoxy) is 1. The van der Waals surface area contributed by atoms with E-state index in [0.29, 0.717) is 52.2 Å². The molecule has 202 valence electrons. The lowest BCUT2D eigenvalue weighted by Gasteiger charge is -2.18. The standard InChI is InChI=1S/C31H30Cl2N2O4/c1-4-5-9-27-34-20(3)28(29-24(32)7-6-8-25(29)33)30(36)35(27)17-22-12-15-26(19(2)16-22)39-18-21-10-13-23(14-11-21)31(37)38/h6-8,10-16H,4-5,9,17-18H2,1-3H3,(H,37,38). The van der Waals surface area contributed by atoms with Crippen molar-refractivity contribution >= 4 is 29.2 Å². The smallest absolute Gasteiger partial charge is 0.335 e. The van der Waals surface area contributed by atoms with E-state index in [1.165, 1.54) is 0 Å². The van der Waals surface area contributed by atoms with Crippen LogP contribution in [0.4, 0.5) is 0 Å². The first-order chi connectivity index (χ1) is 18.7. The second kappa shape index (κ2) is 12.5. The minimum atomic E-state index is -0.961. The Morgan fingerprint density at radius 1 is 0.974 bits per heavy atom. The summed E-state index contributed by atoms with van der Waals surface area (Å²) in [7, 11) is 0. The molecule has 1 aromatic heterocycles. The van der Waals surface area contributed by atoms with Crippen molar-refractivity contribution in [2.24, 2.45) is 0 Å². The maximum Gasteiger partial charge on any atom is 0.335 e. The maximum absolute atomic E-state index is 13.9. The molecule has 0 spiro atoms. The lowest BCUT2D eigenvalue weighted by Crippen LogP contribution is -2.28. The summed E-state index contributed by atoms with van der Waals surface area (Å²) in [6, 6.07) is 17.6. The Labute approximate surface area is 237 Å². The van der Waals surface area contributed by atoms with Gasteiger partial charge in [-0.25, -0.2) is 9.78 Å². The second-order valence-electron chi connectivity index (χ2n) is 9.47. The predicted octanol–water partition coefficient (Wildman–Crippen LogP) is 7.50. The van der Waals surface area contributed by atoms with Crippen molar-refractivity contribution in [1.29, 1.82) is 0 Å². The van der Waals surface area contributed by atoms with Gasteiger partial charge in [0.05, 0.1) is 33.4 Å². The van der Waals surface area contributed by atoms with Crippen LogP contribution < -0.4 is 10.3 Å². The summed E-state index contributed by atoms with van der Waals surface area (Å²) in [6.45, 7) is 6.54. The highest BCUT2D eigenvalue weighted by atomic mass is 35.5. The minimum Gasteiger partial charge on any atom is -0.489 e. The van der Waals surface area contributed by atoms with E-state index < -0.39 is 5.97 Å². The molecule has 0 aliphatic heterocycles. The van der Waals surface area contributed by atoms with Gasteiger partial charge in [-0.05, 0) is 67.3 Å². The summed E-state index contributed by atoms with van der Waals surface area (Å²) in [4.78, 5) is 29.8. The van der Waals surface area contributed by atoms with Gasteiger partial charge in [-0.1, -0.05) is 66.9 Å². The largest absolute Gasteiger partial charge is 0.489 e. The highest BCUT2D eigenvalue weighted by Crippen LogP contribution is 2.34. The molecule has 0 radical (unpaired) electrons. The highest BCUT2D eigenvalue weighted by molar-refractivity contribution is 6.39. The third kappa shape index (κ3) is 6.52. The highest BCUT2D eigenvalue weighted by Gasteiger charge is 2.20. The van der Waals surface area contributed by atoms with Gasteiger partial charge in [-0.2, -0.15) is 0 Å². The SMILES string of the molecule is CCCCc1nc(C)c(-c2c(Cl)cccc2Cl)c(=O)n1Cc1ccc(OCc2ccc(C(=O)O)cc2)c(C)c1. The van der Waals surface area contributed by atoms with Gasteiger partial charge in [0.15, 0.2) is 0 Å². The maximum atomic E-state index is 13.9. The summed E-state index contributed by atoms with van der Waals surface area (Å²) < 4.78 is 7.71. The van der Waals surface area contributed by atoms with Crippen LogP contribution in [-0.4, -0.2) is 20.6 Å². The van der Waals surface area contributed by atoms with Crippen LogP contribution in [0.5, 0.6) is 5.75 Å². The molecule has 4 rings (SSSR count). The number of unbranched alkanes of at least 4 members (excludes halogenated alkanes) is 1. The Hall–Kier alpha value is -3.61. The summed E-state index contributed by atoms with van der Waals surface area (Å²) in [6.07, 6.45) is 2.58. The van der Waals surface area contributed by atoms with E-state index in [0.717, 1.165) is 35.4 Å². The van der Waals surface area contributed by atoms with Crippen LogP contribution in [0.2, 0.25) is 10.0 Å². The van der Waals surface area contributed by atoms with E-state index in [2.05, 4.69) is 6.92 Å². The van der Waals surface area contributed by atoms with Crippen LogP contribution in [0.25, 0.3) is 11.1 Å². The van der Waals surface area contributed by atoms with Gasteiger partial charge in [-0.15, -0.1) is 0 Å². The summed E-state index contributed by atoms with van der Waals surface area (Å²) in [5, 5.41) is 9.89. The van der Waals surface area contributed by atoms with Crippen molar-refractivity contribution in [1.82, 2.24) is 9.55 Å². The number of benzene rings is 3. The van der Waals surface area contributed by atoms with Crippen molar-refractivity contribution in [3.63, 3.8) is 0 Å². The average molecular weight is 565 g/mol. The van der Waals surface area contributed by atoms with Crippen LogP contribution in [0.15, 0.2) is 65.5 Å². The zero-order valence-corrected chi connectivity index (χ0v) is 23.6. The van der Waals surface area contributed by atoms with Gasteiger partial charge in [-0.3, -0.25) is 9.36 Å². The molecule has 0 amide bonds. The number of aromatic nitrogens is 2. The topological polar surface area (TPSA) is 81.4 Å². The molecule has 0 aliphatic carbocycles. The number of aryl methyl sites for hydroxylation is 3. The first-order valence-electron chi connectivity index (χ1n) is 12.8. The summed E-state index contributed by atoms with van der Waals surface area (Å²) >= 11 is 13.0. The molecule has 6 nitrogen and oxygen atoms in total. The fraction of sp³-hybridized carbons (Fsp3) is 0.258. The van der Waals surface area contributed by atoms with Gasteiger partial charge in [0.25, 0.3) is 5.56 Å². The fourth-order valence-corrected chi connectivity index (χ4v) is 5.08. The normalized spacial score (nSPS) is 11.0. The van der Waals surface area contributed by atoms with Crippen molar-refractivity contribution < 1.29 is 14.6 Å². The van der Waals surface area contributed by atoms with Crippen LogP contribution in [-0.2, 0) is 19.6 Å². The third-order valence-corrected chi connectivity index (χ3v) is 7.20. The van der Waals surface area contributed by atoms with Crippen molar-refractivity contribution in [2.45, 2.75) is 53.2 Å². The third-order valence-electron chi connectivity index (χ3n) is 6.57. The Morgan fingerprint density at radius 2 is 1.64 bits per heavy atom. The Bertz CT molecular complexity index is 1540. The van der Waals surface area contributed by atoms with Crippen LogP contribution in [0, 0.1) is 13.8 Å². The molecule has 0 saturated heterocycles.